The lowest BCUT2D eigenvalue weighted by molar-refractivity contribution is 0.501. The molecule has 0 radical (unpaired) electrons. The molecule has 1 saturated heterocycles. The van der Waals surface area contributed by atoms with Crippen molar-refractivity contribution < 1.29 is 8.42 Å². The summed E-state index contributed by atoms with van der Waals surface area (Å²) in [6.45, 7) is 0.566. The van der Waals surface area contributed by atoms with Crippen LogP contribution in [0, 0.1) is 0 Å². The number of rotatable bonds is 3. The Morgan fingerprint density at radius 1 is 1.64 bits per heavy atom. The first-order valence-corrected chi connectivity index (χ1v) is 6.16. The molecule has 78 valence electrons. The van der Waals surface area contributed by atoms with Gasteiger partial charge in [0, 0.05) is 13.1 Å². The monoisotopic (exact) mass is 216 g/mol. The van der Waals surface area contributed by atoms with Gasteiger partial charge in [0.25, 0.3) is 0 Å². The maximum atomic E-state index is 10.9. The highest BCUT2D eigenvalue weighted by molar-refractivity contribution is 7.92. The normalized spacial score (nSPS) is 20.6. The predicted octanol–water partition coefficient (Wildman–Crippen LogP) is -1.30. The summed E-state index contributed by atoms with van der Waals surface area (Å²) < 4.78 is 23.5. The summed E-state index contributed by atoms with van der Waals surface area (Å²) in [5, 5.41) is 10.7. The summed E-state index contributed by atoms with van der Waals surface area (Å²) in [4.78, 5) is 0. The Morgan fingerprint density at radius 2 is 2.36 bits per heavy atom. The zero-order valence-electron chi connectivity index (χ0n) is 7.84. The Morgan fingerprint density at radius 3 is 2.86 bits per heavy atom. The van der Waals surface area contributed by atoms with E-state index < -0.39 is 9.84 Å². The van der Waals surface area contributed by atoms with Crippen LogP contribution in [-0.4, -0.2) is 40.7 Å². The standard InChI is InChI=1S/C7H12N4O2S/c1-11-5-9-10-7(11)2-8-6-3-14(12,13)4-6/h5-6,8H,2-4H2,1H3. The van der Waals surface area contributed by atoms with Gasteiger partial charge >= 0.3 is 0 Å². The molecule has 7 heteroatoms. The number of aromatic nitrogens is 3. The van der Waals surface area contributed by atoms with Crippen molar-refractivity contribution in [2.24, 2.45) is 7.05 Å². The molecule has 0 bridgehead atoms. The van der Waals surface area contributed by atoms with Gasteiger partial charge in [0.05, 0.1) is 18.1 Å². The molecule has 6 nitrogen and oxygen atoms in total. The highest BCUT2D eigenvalue weighted by Crippen LogP contribution is 2.10. The average Bonchev–Trinajstić information content (AvgIpc) is 2.44. The smallest absolute Gasteiger partial charge is 0.153 e. The van der Waals surface area contributed by atoms with Crippen molar-refractivity contribution in [3.63, 3.8) is 0 Å². The number of hydrogen-bond acceptors (Lipinski definition) is 5. The average molecular weight is 216 g/mol. The van der Waals surface area contributed by atoms with Crippen LogP contribution in [0.15, 0.2) is 6.33 Å². The van der Waals surface area contributed by atoms with Crippen LogP contribution in [0.5, 0.6) is 0 Å². The van der Waals surface area contributed by atoms with E-state index in [2.05, 4.69) is 15.5 Å². The van der Waals surface area contributed by atoms with Crippen LogP contribution in [0.1, 0.15) is 5.82 Å². The summed E-state index contributed by atoms with van der Waals surface area (Å²) in [6, 6.07) is 0.0803. The number of hydrogen-bond donors (Lipinski definition) is 1. The molecule has 0 spiro atoms. The van der Waals surface area contributed by atoms with E-state index in [1.807, 2.05) is 7.05 Å². The Balaban J connectivity index is 1.82. The van der Waals surface area contributed by atoms with Gasteiger partial charge in [-0.05, 0) is 0 Å². The molecule has 1 aliphatic heterocycles. The molecule has 0 atom stereocenters. The molecule has 1 N–H and O–H groups in total. The second-order valence-corrected chi connectivity index (χ2v) is 5.67. The molecule has 2 rings (SSSR count). The van der Waals surface area contributed by atoms with Crippen molar-refractivity contribution in [3.05, 3.63) is 12.2 Å². The second-order valence-electron chi connectivity index (χ2n) is 3.51. The summed E-state index contributed by atoms with van der Waals surface area (Å²) in [5.74, 6) is 1.30. The van der Waals surface area contributed by atoms with Crippen molar-refractivity contribution in [1.82, 2.24) is 20.1 Å². The number of nitrogens with one attached hydrogen (secondary N) is 1. The summed E-state index contributed by atoms with van der Waals surface area (Å²) in [5.41, 5.74) is 0. The van der Waals surface area contributed by atoms with E-state index in [-0.39, 0.29) is 17.5 Å². The molecule has 14 heavy (non-hydrogen) atoms. The van der Waals surface area contributed by atoms with Gasteiger partial charge in [-0.1, -0.05) is 0 Å². The Hall–Kier alpha value is -0.950. The molecule has 0 unspecified atom stereocenters. The highest BCUT2D eigenvalue weighted by atomic mass is 32.2. The van der Waals surface area contributed by atoms with Crippen molar-refractivity contribution in [2.75, 3.05) is 11.5 Å². The van der Waals surface area contributed by atoms with Crippen molar-refractivity contribution in [1.29, 1.82) is 0 Å². The van der Waals surface area contributed by atoms with E-state index >= 15 is 0 Å². The van der Waals surface area contributed by atoms with E-state index in [1.54, 1.807) is 10.9 Å². The summed E-state index contributed by atoms with van der Waals surface area (Å²) in [7, 11) is -0.881. The zero-order valence-corrected chi connectivity index (χ0v) is 8.66. The van der Waals surface area contributed by atoms with Gasteiger partial charge in [-0.2, -0.15) is 0 Å². The van der Waals surface area contributed by atoms with E-state index in [0.717, 1.165) is 5.82 Å². The van der Waals surface area contributed by atoms with Gasteiger partial charge in [0.15, 0.2) is 9.84 Å². The number of aryl methyl sites for hydroxylation is 1. The molecule has 1 fully saturated rings. The molecule has 0 amide bonds. The maximum absolute atomic E-state index is 10.9. The van der Waals surface area contributed by atoms with Gasteiger partial charge in [-0.3, -0.25) is 0 Å². The summed E-state index contributed by atoms with van der Waals surface area (Å²) >= 11 is 0. The number of nitrogens with zero attached hydrogens (tertiary/aromatic N) is 3. The first-order valence-electron chi connectivity index (χ1n) is 4.33. The van der Waals surface area contributed by atoms with Crippen LogP contribution in [0.2, 0.25) is 0 Å². The predicted molar refractivity (Wildman–Crippen MR) is 50.3 cm³/mol. The van der Waals surface area contributed by atoms with E-state index in [1.165, 1.54) is 0 Å². The SMILES string of the molecule is Cn1cnnc1CNC1CS(=O)(=O)C1. The Bertz CT molecular complexity index is 413. The van der Waals surface area contributed by atoms with Gasteiger partial charge in [-0.25, -0.2) is 8.42 Å². The summed E-state index contributed by atoms with van der Waals surface area (Å²) in [6.07, 6.45) is 1.62. The molecule has 1 aromatic rings. The Labute approximate surface area is 82.3 Å². The molecule has 1 aromatic heterocycles. The topological polar surface area (TPSA) is 76.9 Å². The van der Waals surface area contributed by atoms with E-state index in [9.17, 15) is 8.42 Å². The molecular formula is C7H12N4O2S. The van der Waals surface area contributed by atoms with Crippen molar-refractivity contribution in [2.45, 2.75) is 12.6 Å². The number of sulfone groups is 1. The first kappa shape index (κ1) is 9.60. The first-order chi connectivity index (χ1) is 6.57. The minimum absolute atomic E-state index is 0.0803. The van der Waals surface area contributed by atoms with E-state index in [4.69, 9.17) is 0 Å². The van der Waals surface area contributed by atoms with Crippen LogP contribution in [0.4, 0.5) is 0 Å². The third kappa shape index (κ3) is 1.93. The molecule has 0 aliphatic carbocycles. The molecule has 1 aliphatic rings. The molecule has 2 heterocycles. The van der Waals surface area contributed by atoms with Gasteiger partial charge in [0.2, 0.25) is 0 Å². The molecular weight excluding hydrogens is 204 g/mol. The van der Waals surface area contributed by atoms with Gasteiger partial charge in [-0.15, -0.1) is 10.2 Å². The van der Waals surface area contributed by atoms with Crippen LogP contribution < -0.4 is 5.32 Å². The van der Waals surface area contributed by atoms with Crippen LogP contribution in [0.3, 0.4) is 0 Å². The fourth-order valence-electron chi connectivity index (χ4n) is 1.38. The fraction of sp³-hybridized carbons (Fsp3) is 0.714. The Kier molecular flexibility index (Phi) is 2.28. The van der Waals surface area contributed by atoms with Crippen LogP contribution in [-0.2, 0) is 23.4 Å². The minimum atomic E-state index is -2.74. The third-order valence-electron chi connectivity index (χ3n) is 2.26. The van der Waals surface area contributed by atoms with Crippen LogP contribution >= 0.6 is 0 Å². The third-order valence-corrected chi connectivity index (χ3v) is 4.08. The van der Waals surface area contributed by atoms with Crippen molar-refractivity contribution in [3.8, 4) is 0 Å². The fourth-order valence-corrected chi connectivity index (χ4v) is 2.75. The van der Waals surface area contributed by atoms with E-state index in [0.29, 0.717) is 6.54 Å². The van der Waals surface area contributed by atoms with Gasteiger partial charge < -0.3 is 9.88 Å². The van der Waals surface area contributed by atoms with Gasteiger partial charge in [0.1, 0.15) is 12.2 Å². The lowest BCUT2D eigenvalue weighted by Gasteiger charge is -2.26. The van der Waals surface area contributed by atoms with Crippen LogP contribution in [0.25, 0.3) is 0 Å². The lowest BCUT2D eigenvalue weighted by Crippen LogP contribution is -2.50. The largest absolute Gasteiger partial charge is 0.320 e. The quantitative estimate of drug-likeness (QED) is 0.679. The highest BCUT2D eigenvalue weighted by Gasteiger charge is 2.32. The second kappa shape index (κ2) is 3.32. The minimum Gasteiger partial charge on any atom is -0.320 e. The van der Waals surface area contributed by atoms with Crippen molar-refractivity contribution >= 4 is 9.84 Å². The zero-order chi connectivity index (χ0) is 10.2. The lowest BCUT2D eigenvalue weighted by atomic mass is 10.3. The molecule has 0 aromatic carbocycles. The maximum Gasteiger partial charge on any atom is 0.153 e. The molecule has 0 saturated carbocycles.